The van der Waals surface area contributed by atoms with Crippen LogP contribution in [0.25, 0.3) is 10.4 Å². The second-order valence-corrected chi connectivity index (χ2v) is 9.76. The van der Waals surface area contributed by atoms with Crippen molar-refractivity contribution < 1.29 is 14.3 Å². The van der Waals surface area contributed by atoms with Gasteiger partial charge in [0.15, 0.2) is 5.13 Å². The number of carbonyl (C=O) groups excluding carboxylic acids is 2. The monoisotopic (exact) mass is 462 g/mol. The third-order valence-corrected chi connectivity index (χ3v) is 7.43. The number of nitrogens with two attached hydrogens (primary N) is 1. The van der Waals surface area contributed by atoms with Gasteiger partial charge in [-0.2, -0.15) is 0 Å². The van der Waals surface area contributed by atoms with Crippen molar-refractivity contribution >= 4 is 28.3 Å². The maximum Gasteiger partial charge on any atom is 0.274 e. The van der Waals surface area contributed by atoms with Gasteiger partial charge in [-0.05, 0) is 48.9 Å². The smallest absolute Gasteiger partial charge is 0.274 e. The maximum absolute atomic E-state index is 13.6. The van der Waals surface area contributed by atoms with E-state index in [0.29, 0.717) is 47.1 Å². The number of anilines is 1. The number of piperidine rings is 1. The predicted molar refractivity (Wildman–Crippen MR) is 128 cm³/mol. The minimum atomic E-state index is -0.177. The fourth-order valence-corrected chi connectivity index (χ4v) is 5.55. The molecule has 2 aliphatic rings. The summed E-state index contributed by atoms with van der Waals surface area (Å²) in [7, 11) is 1.57. The van der Waals surface area contributed by atoms with Crippen molar-refractivity contribution in [2.24, 2.45) is 11.8 Å². The van der Waals surface area contributed by atoms with E-state index in [9.17, 15) is 9.59 Å². The number of methoxy groups -OCH3 is 1. The fourth-order valence-electron chi connectivity index (χ4n) is 4.73. The second kappa shape index (κ2) is 8.51. The first-order valence-electron chi connectivity index (χ1n) is 11.0. The Morgan fingerprint density at radius 2 is 2.06 bits per heavy atom. The molecule has 170 valence electrons. The molecule has 3 unspecified atom stereocenters. The molecule has 33 heavy (non-hydrogen) atoms. The molecule has 1 aliphatic carbocycles. The molecule has 8 heteroatoms. The highest BCUT2D eigenvalue weighted by Gasteiger charge is 2.54. The summed E-state index contributed by atoms with van der Waals surface area (Å²) < 4.78 is 5.21. The van der Waals surface area contributed by atoms with Crippen LogP contribution in [0, 0.1) is 18.8 Å². The van der Waals surface area contributed by atoms with E-state index in [1.54, 1.807) is 31.4 Å². The summed E-state index contributed by atoms with van der Waals surface area (Å²) in [4.78, 5) is 33.4. The number of fused-ring (bicyclic) bond motifs is 1. The van der Waals surface area contributed by atoms with Gasteiger partial charge in [-0.15, -0.1) is 0 Å². The van der Waals surface area contributed by atoms with Crippen LogP contribution >= 0.6 is 11.3 Å². The number of rotatable bonds is 6. The lowest BCUT2D eigenvalue weighted by Crippen LogP contribution is -2.45. The molecule has 2 amide bonds. The Hall–Kier alpha value is -3.39. The Kier molecular flexibility index (Phi) is 5.54. The number of aryl methyl sites for hydroxylation is 1. The molecule has 1 saturated carbocycles. The number of hydrogen-bond donors (Lipinski definition) is 2. The van der Waals surface area contributed by atoms with Crippen LogP contribution in [-0.4, -0.2) is 47.9 Å². The van der Waals surface area contributed by atoms with E-state index in [-0.39, 0.29) is 17.9 Å². The van der Waals surface area contributed by atoms with Gasteiger partial charge in [0.05, 0.1) is 18.0 Å². The molecule has 2 aromatic carbocycles. The molecule has 2 heterocycles. The van der Waals surface area contributed by atoms with Crippen LogP contribution in [0.4, 0.5) is 5.13 Å². The summed E-state index contributed by atoms with van der Waals surface area (Å²) in [6.07, 6.45) is 1.09. The molecule has 3 atom stereocenters. The van der Waals surface area contributed by atoms with Crippen LogP contribution in [0.15, 0.2) is 48.5 Å². The summed E-state index contributed by atoms with van der Waals surface area (Å²) in [5.41, 5.74) is 9.00. The summed E-state index contributed by atoms with van der Waals surface area (Å²) in [6, 6.07) is 15.0. The van der Waals surface area contributed by atoms with Gasteiger partial charge in [-0.25, -0.2) is 4.98 Å². The molecule has 1 saturated heterocycles. The number of ether oxygens (including phenoxy) is 1. The molecule has 0 bridgehead atoms. The number of thiazole rings is 1. The second-order valence-electron chi connectivity index (χ2n) is 8.73. The first kappa shape index (κ1) is 21.5. The zero-order chi connectivity index (χ0) is 23.1. The van der Waals surface area contributed by atoms with E-state index in [2.05, 4.69) is 10.3 Å². The van der Waals surface area contributed by atoms with Gasteiger partial charge < -0.3 is 20.7 Å². The van der Waals surface area contributed by atoms with E-state index in [1.807, 2.05) is 36.1 Å². The van der Waals surface area contributed by atoms with Gasteiger partial charge in [-0.1, -0.05) is 47.2 Å². The van der Waals surface area contributed by atoms with E-state index >= 15 is 0 Å². The molecular formula is C25H26N4O3S. The van der Waals surface area contributed by atoms with Gasteiger partial charge in [-0.3, -0.25) is 9.59 Å². The molecule has 2 fully saturated rings. The van der Waals surface area contributed by atoms with E-state index in [0.717, 1.165) is 22.4 Å². The molecule has 1 aliphatic heterocycles. The maximum atomic E-state index is 13.6. The van der Waals surface area contributed by atoms with Crippen molar-refractivity contribution in [1.29, 1.82) is 0 Å². The van der Waals surface area contributed by atoms with Crippen molar-refractivity contribution in [2.75, 3.05) is 25.9 Å². The number of aromatic nitrogens is 1. The van der Waals surface area contributed by atoms with Crippen LogP contribution in [0.2, 0.25) is 0 Å². The quantitative estimate of drug-likeness (QED) is 0.583. The van der Waals surface area contributed by atoms with Crippen LogP contribution in [0.5, 0.6) is 5.75 Å². The van der Waals surface area contributed by atoms with Crippen LogP contribution in [-0.2, 0) is 0 Å². The Bertz CT molecular complexity index is 1220. The van der Waals surface area contributed by atoms with Crippen molar-refractivity contribution in [3.8, 4) is 16.2 Å². The average molecular weight is 463 g/mol. The lowest BCUT2D eigenvalue weighted by Gasteiger charge is -2.27. The number of nitrogen functional groups attached to an aromatic ring is 1. The number of amides is 2. The predicted octanol–water partition coefficient (Wildman–Crippen LogP) is 3.60. The van der Waals surface area contributed by atoms with Crippen LogP contribution < -0.4 is 15.8 Å². The molecule has 7 nitrogen and oxygen atoms in total. The Balaban J connectivity index is 1.34. The largest absolute Gasteiger partial charge is 0.497 e. The highest BCUT2D eigenvalue weighted by atomic mass is 32.1. The lowest BCUT2D eigenvalue weighted by molar-refractivity contribution is 0.0691. The van der Waals surface area contributed by atoms with Gasteiger partial charge in [0.2, 0.25) is 0 Å². The standard InChI is InChI=1S/C25H26N4O3S/c1-14-5-3-6-15(9-14)22-21(28-25(26)33-22)24(31)29-13-17-11-19(17)20(29)12-27-23(30)16-7-4-8-18(10-16)32-2/h3-10,17,19-20H,11-13H2,1-2H3,(H2,26,28)(H,27,30). The van der Waals surface area contributed by atoms with Gasteiger partial charge in [0, 0.05) is 18.7 Å². The number of likely N-dealkylation sites (tertiary alicyclic amines) is 1. The number of nitrogens with zero attached hydrogens (tertiary/aromatic N) is 2. The number of nitrogens with one attached hydrogen (secondary N) is 1. The molecular weight excluding hydrogens is 436 g/mol. The third-order valence-electron chi connectivity index (χ3n) is 6.49. The average Bonchev–Trinajstić information content (AvgIpc) is 3.33. The van der Waals surface area contributed by atoms with Gasteiger partial charge in [0.1, 0.15) is 11.4 Å². The lowest BCUT2D eigenvalue weighted by atomic mass is 10.1. The molecule has 3 aromatic rings. The Morgan fingerprint density at radius 3 is 2.85 bits per heavy atom. The summed E-state index contributed by atoms with van der Waals surface area (Å²) in [6.45, 7) is 3.11. The first-order valence-corrected chi connectivity index (χ1v) is 11.8. The number of benzene rings is 2. The molecule has 0 spiro atoms. The van der Waals surface area contributed by atoms with Crippen molar-refractivity contribution in [1.82, 2.24) is 15.2 Å². The van der Waals surface area contributed by atoms with Gasteiger partial charge >= 0.3 is 0 Å². The Labute approximate surface area is 196 Å². The summed E-state index contributed by atoms with van der Waals surface area (Å²) >= 11 is 1.33. The normalized spacial score (nSPS) is 20.9. The van der Waals surface area contributed by atoms with Crippen molar-refractivity contribution in [2.45, 2.75) is 19.4 Å². The minimum Gasteiger partial charge on any atom is -0.497 e. The zero-order valence-electron chi connectivity index (χ0n) is 18.6. The summed E-state index contributed by atoms with van der Waals surface area (Å²) in [5, 5.41) is 3.39. The zero-order valence-corrected chi connectivity index (χ0v) is 19.4. The van der Waals surface area contributed by atoms with Gasteiger partial charge in [0.25, 0.3) is 11.8 Å². The van der Waals surface area contributed by atoms with Crippen LogP contribution in [0.1, 0.15) is 32.8 Å². The summed E-state index contributed by atoms with van der Waals surface area (Å²) in [5.74, 6) is 1.24. The minimum absolute atomic E-state index is 0.0506. The van der Waals surface area contributed by atoms with E-state index in [1.165, 1.54) is 11.3 Å². The first-order chi connectivity index (χ1) is 15.9. The van der Waals surface area contributed by atoms with E-state index < -0.39 is 0 Å². The van der Waals surface area contributed by atoms with E-state index in [4.69, 9.17) is 10.5 Å². The molecule has 3 N–H and O–H groups in total. The van der Waals surface area contributed by atoms with Crippen LogP contribution in [0.3, 0.4) is 0 Å². The Morgan fingerprint density at radius 1 is 1.24 bits per heavy atom. The number of hydrogen-bond acceptors (Lipinski definition) is 6. The highest BCUT2D eigenvalue weighted by Crippen LogP contribution is 2.50. The number of carbonyl (C=O) groups is 2. The third kappa shape index (κ3) is 4.18. The molecule has 0 radical (unpaired) electrons. The SMILES string of the molecule is COc1cccc(C(=O)NCC2C3CC3CN2C(=O)c2nc(N)sc2-c2cccc(C)c2)c1. The molecule has 5 rings (SSSR count). The topological polar surface area (TPSA) is 97.5 Å². The highest BCUT2D eigenvalue weighted by molar-refractivity contribution is 7.19. The van der Waals surface area contributed by atoms with Crippen molar-refractivity contribution in [3.05, 3.63) is 65.4 Å². The molecule has 1 aromatic heterocycles. The van der Waals surface area contributed by atoms with Crippen molar-refractivity contribution in [3.63, 3.8) is 0 Å². The fraction of sp³-hybridized carbons (Fsp3) is 0.320.